The Kier molecular flexibility index (Phi) is 6.23. The van der Waals surface area contributed by atoms with Crippen molar-refractivity contribution in [2.24, 2.45) is 5.92 Å². The zero-order chi connectivity index (χ0) is 21.9. The first-order valence-corrected chi connectivity index (χ1v) is 10.2. The number of hydrogen-bond acceptors (Lipinski definition) is 4. The van der Waals surface area contributed by atoms with Gasteiger partial charge in [0, 0.05) is 11.7 Å². The fraction of sp³-hybridized carbons (Fsp3) is 0.375. The van der Waals surface area contributed by atoms with Gasteiger partial charge in [-0.1, -0.05) is 38.1 Å². The number of rotatable bonds is 7. The molecule has 3 aromatic rings. The number of nitrogens with zero attached hydrogens (tertiary/aromatic N) is 4. The fourth-order valence-electron chi connectivity index (χ4n) is 3.33. The topological polar surface area (TPSA) is 74.0 Å². The summed E-state index contributed by atoms with van der Waals surface area (Å²) in [6, 6.07) is 18.6. The minimum absolute atomic E-state index is 0.0287. The van der Waals surface area contributed by atoms with Crippen molar-refractivity contribution in [3.8, 4) is 11.8 Å². The van der Waals surface area contributed by atoms with E-state index in [2.05, 4.69) is 58.2 Å². The van der Waals surface area contributed by atoms with Gasteiger partial charge in [-0.15, -0.1) is 0 Å². The van der Waals surface area contributed by atoms with Gasteiger partial charge >= 0.3 is 0 Å². The molecule has 6 nitrogen and oxygen atoms in total. The third-order valence-electron chi connectivity index (χ3n) is 5.95. The van der Waals surface area contributed by atoms with Crippen molar-refractivity contribution in [1.29, 1.82) is 5.26 Å². The van der Waals surface area contributed by atoms with Crippen LogP contribution >= 0.6 is 0 Å². The van der Waals surface area contributed by atoms with Crippen LogP contribution in [-0.4, -0.2) is 39.5 Å². The van der Waals surface area contributed by atoms with E-state index in [1.807, 2.05) is 50.3 Å². The number of aromatic nitrogens is 2. The first-order chi connectivity index (χ1) is 14.2. The normalized spacial score (nSPS) is 14.5. The van der Waals surface area contributed by atoms with E-state index < -0.39 is 5.54 Å². The van der Waals surface area contributed by atoms with E-state index in [1.54, 1.807) is 6.92 Å². The maximum atomic E-state index is 12.5. The molecule has 3 rings (SSSR count). The Labute approximate surface area is 178 Å². The van der Waals surface area contributed by atoms with Gasteiger partial charge in [0.1, 0.15) is 11.9 Å². The van der Waals surface area contributed by atoms with E-state index in [-0.39, 0.29) is 24.4 Å². The van der Waals surface area contributed by atoms with Crippen molar-refractivity contribution in [2.75, 3.05) is 13.6 Å². The van der Waals surface area contributed by atoms with Crippen molar-refractivity contribution in [3.05, 3.63) is 60.4 Å². The first-order valence-electron chi connectivity index (χ1n) is 10.2. The Bertz CT molecular complexity index is 1060. The van der Waals surface area contributed by atoms with Gasteiger partial charge in [0.25, 0.3) is 0 Å². The minimum atomic E-state index is -0.865. The lowest BCUT2D eigenvalue weighted by Gasteiger charge is -2.30. The molecule has 0 unspecified atom stereocenters. The smallest absolute Gasteiger partial charge is 0.235 e. The summed E-state index contributed by atoms with van der Waals surface area (Å²) in [6.07, 6.45) is 1.83. The Hall–Kier alpha value is -3.17. The van der Waals surface area contributed by atoms with Crippen molar-refractivity contribution < 1.29 is 4.79 Å². The summed E-state index contributed by atoms with van der Waals surface area (Å²) in [7, 11) is 1.92. The van der Waals surface area contributed by atoms with E-state index in [0.29, 0.717) is 0 Å². The Morgan fingerprint density at radius 3 is 2.50 bits per heavy atom. The van der Waals surface area contributed by atoms with E-state index in [0.717, 1.165) is 22.3 Å². The molecule has 1 amide bonds. The molecule has 1 aromatic heterocycles. The molecule has 6 heteroatoms. The molecule has 0 bridgehead atoms. The number of imidazole rings is 1. The molecule has 0 saturated carbocycles. The van der Waals surface area contributed by atoms with Crippen LogP contribution in [0.2, 0.25) is 0 Å². The second-order valence-electron chi connectivity index (χ2n) is 8.30. The lowest BCUT2D eigenvalue weighted by molar-refractivity contribution is -0.124. The number of hydrogen-bond donors (Lipinski definition) is 1. The van der Waals surface area contributed by atoms with Gasteiger partial charge in [0.15, 0.2) is 0 Å². The zero-order valence-electron chi connectivity index (χ0n) is 18.3. The van der Waals surface area contributed by atoms with Gasteiger partial charge in [-0.25, -0.2) is 4.98 Å². The summed E-state index contributed by atoms with van der Waals surface area (Å²) in [5, 5.41) is 12.3. The van der Waals surface area contributed by atoms with E-state index in [1.165, 1.54) is 0 Å². The zero-order valence-corrected chi connectivity index (χ0v) is 18.3. The summed E-state index contributed by atoms with van der Waals surface area (Å²) in [6.45, 7) is 7.92. The van der Waals surface area contributed by atoms with Gasteiger partial charge in [-0.2, -0.15) is 5.26 Å². The molecule has 2 aromatic carbocycles. The number of benzene rings is 2. The Morgan fingerprint density at radius 1 is 1.20 bits per heavy atom. The number of carbonyl (C=O) groups excluding carboxylic acids is 1. The standard InChI is InChI=1S/C24H29N5O/c1-17(2)24(4,15-25)27-23(30)14-28(5)18(3)19-10-12-20(13-11-19)29-16-26-21-8-6-7-9-22(21)29/h6-13,16-18H,14H2,1-5H3,(H,27,30)/t18-,24-/m0/s1. The molecule has 0 aliphatic carbocycles. The number of likely N-dealkylation sites (N-methyl/N-ethyl adjacent to an activating group) is 1. The molecule has 0 spiro atoms. The van der Waals surface area contributed by atoms with E-state index >= 15 is 0 Å². The predicted octanol–water partition coefficient (Wildman–Crippen LogP) is 4.07. The van der Waals surface area contributed by atoms with Gasteiger partial charge in [0.05, 0.1) is 23.6 Å². The van der Waals surface area contributed by atoms with Crippen LogP contribution in [0.1, 0.15) is 39.3 Å². The largest absolute Gasteiger partial charge is 0.337 e. The van der Waals surface area contributed by atoms with Gasteiger partial charge < -0.3 is 5.32 Å². The Balaban J connectivity index is 1.69. The lowest BCUT2D eigenvalue weighted by Crippen LogP contribution is -2.51. The van der Waals surface area contributed by atoms with Gasteiger partial charge in [-0.3, -0.25) is 14.3 Å². The van der Waals surface area contributed by atoms with Crippen molar-refractivity contribution >= 4 is 16.9 Å². The maximum absolute atomic E-state index is 12.5. The molecule has 2 atom stereocenters. The second-order valence-corrected chi connectivity index (χ2v) is 8.30. The second kappa shape index (κ2) is 8.68. The summed E-state index contributed by atoms with van der Waals surface area (Å²) in [5.74, 6) is -0.121. The number of fused-ring (bicyclic) bond motifs is 1. The highest BCUT2D eigenvalue weighted by molar-refractivity contribution is 5.79. The molecule has 1 heterocycles. The van der Waals surface area contributed by atoms with Crippen molar-refractivity contribution in [1.82, 2.24) is 19.8 Å². The van der Waals surface area contributed by atoms with Crippen molar-refractivity contribution in [3.63, 3.8) is 0 Å². The highest BCUT2D eigenvalue weighted by Crippen LogP contribution is 2.23. The summed E-state index contributed by atoms with van der Waals surface area (Å²) < 4.78 is 2.07. The van der Waals surface area contributed by atoms with Gasteiger partial charge in [-0.05, 0) is 56.6 Å². The molecule has 30 heavy (non-hydrogen) atoms. The number of amides is 1. The van der Waals surface area contributed by atoms with Crippen LogP contribution in [0.3, 0.4) is 0 Å². The van der Waals surface area contributed by atoms with Gasteiger partial charge in [0.2, 0.25) is 5.91 Å². The molecular formula is C24H29N5O. The SMILES string of the molecule is CC(C)[C@](C)(C#N)NC(=O)CN(C)[C@@H](C)c1ccc(-n2cnc3ccccc32)cc1. The van der Waals surface area contributed by atoms with Crippen LogP contribution in [0.15, 0.2) is 54.9 Å². The number of carbonyl (C=O) groups is 1. The maximum Gasteiger partial charge on any atom is 0.235 e. The number of nitrogens with one attached hydrogen (secondary N) is 1. The molecule has 0 aliphatic rings. The molecule has 0 aliphatic heterocycles. The van der Waals surface area contributed by atoms with E-state index in [9.17, 15) is 10.1 Å². The highest BCUT2D eigenvalue weighted by Gasteiger charge is 2.30. The molecule has 0 fully saturated rings. The average Bonchev–Trinajstić information content (AvgIpc) is 3.17. The van der Waals surface area contributed by atoms with Crippen LogP contribution < -0.4 is 5.32 Å². The minimum Gasteiger partial charge on any atom is -0.337 e. The number of para-hydroxylation sites is 2. The third kappa shape index (κ3) is 4.37. The molecule has 0 saturated heterocycles. The number of nitriles is 1. The third-order valence-corrected chi connectivity index (χ3v) is 5.95. The van der Waals surface area contributed by atoms with Crippen LogP contribution in [-0.2, 0) is 4.79 Å². The summed E-state index contributed by atoms with van der Waals surface area (Å²) in [5.41, 5.74) is 3.33. The molecule has 1 N–H and O–H groups in total. The average molecular weight is 404 g/mol. The summed E-state index contributed by atoms with van der Waals surface area (Å²) in [4.78, 5) is 18.9. The van der Waals surface area contributed by atoms with Crippen LogP contribution in [0.5, 0.6) is 0 Å². The summed E-state index contributed by atoms with van der Waals surface area (Å²) >= 11 is 0. The van der Waals surface area contributed by atoms with Crippen LogP contribution in [0.4, 0.5) is 0 Å². The fourth-order valence-corrected chi connectivity index (χ4v) is 3.33. The van der Waals surface area contributed by atoms with Crippen LogP contribution in [0.25, 0.3) is 16.7 Å². The van der Waals surface area contributed by atoms with Crippen LogP contribution in [0, 0.1) is 17.2 Å². The molecular weight excluding hydrogens is 374 g/mol. The lowest BCUT2D eigenvalue weighted by atomic mass is 9.90. The predicted molar refractivity (Wildman–Crippen MR) is 119 cm³/mol. The molecule has 156 valence electrons. The van der Waals surface area contributed by atoms with E-state index in [4.69, 9.17) is 0 Å². The quantitative estimate of drug-likeness (QED) is 0.645. The molecule has 0 radical (unpaired) electrons. The first kappa shape index (κ1) is 21.5. The highest BCUT2D eigenvalue weighted by atomic mass is 16.2. The monoisotopic (exact) mass is 403 g/mol. The van der Waals surface area contributed by atoms with Crippen molar-refractivity contribution in [2.45, 2.75) is 39.3 Å². The Morgan fingerprint density at radius 2 is 1.87 bits per heavy atom.